The molecule has 0 bridgehead atoms. The lowest BCUT2D eigenvalue weighted by Gasteiger charge is -2.31. The number of nitrogens with one attached hydrogen (secondary N) is 2. The summed E-state index contributed by atoms with van der Waals surface area (Å²) < 4.78 is 1.56. The molecule has 3 aromatic heterocycles. The molecule has 1 aliphatic heterocycles. The van der Waals surface area contributed by atoms with Crippen molar-refractivity contribution in [3.05, 3.63) is 43.0 Å². The zero-order valence-electron chi connectivity index (χ0n) is 15.4. The number of amides is 1. The van der Waals surface area contributed by atoms with Gasteiger partial charge in [-0.05, 0) is 43.2 Å². The lowest BCUT2D eigenvalue weighted by molar-refractivity contribution is -0.120. The predicted octanol–water partition coefficient (Wildman–Crippen LogP) is 1.18. The summed E-state index contributed by atoms with van der Waals surface area (Å²) in [4.78, 5) is 18.7. The Kier molecular flexibility index (Phi) is 4.31. The third-order valence-corrected chi connectivity index (χ3v) is 5.06. The van der Waals surface area contributed by atoms with Crippen LogP contribution in [0, 0.1) is 5.92 Å². The van der Waals surface area contributed by atoms with E-state index in [4.69, 9.17) is 0 Å². The molecule has 29 heavy (non-hydrogen) atoms. The van der Waals surface area contributed by atoms with Crippen LogP contribution in [-0.2, 0) is 4.79 Å². The molecule has 4 aromatic rings. The average molecular weight is 390 g/mol. The summed E-state index contributed by atoms with van der Waals surface area (Å²) in [5.74, 6) is 1.40. The second-order valence-electron chi connectivity index (χ2n) is 6.87. The average Bonchev–Trinajstić information content (AvgIpc) is 3.46. The van der Waals surface area contributed by atoms with E-state index in [-0.39, 0.29) is 11.8 Å². The summed E-state index contributed by atoms with van der Waals surface area (Å²) in [6.07, 6.45) is 4.54. The number of aromatic nitrogens is 8. The van der Waals surface area contributed by atoms with Gasteiger partial charge in [0.1, 0.15) is 23.7 Å². The summed E-state index contributed by atoms with van der Waals surface area (Å²) in [5, 5.41) is 26.2. The molecule has 4 heterocycles. The van der Waals surface area contributed by atoms with Crippen LogP contribution in [-0.4, -0.2) is 59.4 Å². The van der Waals surface area contributed by atoms with E-state index in [2.05, 4.69) is 45.9 Å². The zero-order chi connectivity index (χ0) is 19.6. The minimum atomic E-state index is -0.0402. The van der Waals surface area contributed by atoms with Gasteiger partial charge in [-0.3, -0.25) is 4.79 Å². The van der Waals surface area contributed by atoms with E-state index in [9.17, 15) is 4.79 Å². The first-order valence-corrected chi connectivity index (χ1v) is 9.31. The van der Waals surface area contributed by atoms with E-state index >= 15 is 0 Å². The number of benzene rings is 1. The van der Waals surface area contributed by atoms with Crippen molar-refractivity contribution < 1.29 is 4.79 Å². The lowest BCUT2D eigenvalue weighted by atomic mass is 9.96. The molecule has 1 saturated heterocycles. The van der Waals surface area contributed by atoms with Crippen molar-refractivity contribution in [3.63, 3.8) is 0 Å². The Balaban J connectivity index is 1.19. The highest BCUT2D eigenvalue weighted by Crippen LogP contribution is 2.24. The number of hydrogen-bond acceptors (Lipinski definition) is 8. The van der Waals surface area contributed by atoms with Crippen LogP contribution in [0.5, 0.6) is 0 Å². The van der Waals surface area contributed by atoms with E-state index in [0.717, 1.165) is 48.5 Å². The number of hydrogen-bond donors (Lipinski definition) is 2. The van der Waals surface area contributed by atoms with Crippen molar-refractivity contribution in [1.29, 1.82) is 0 Å². The van der Waals surface area contributed by atoms with Gasteiger partial charge in [0.2, 0.25) is 5.91 Å². The van der Waals surface area contributed by atoms with Crippen LogP contribution in [0.2, 0.25) is 0 Å². The number of piperidine rings is 1. The molecule has 0 saturated carbocycles. The monoisotopic (exact) mass is 390 g/mol. The van der Waals surface area contributed by atoms with Crippen molar-refractivity contribution in [2.75, 3.05) is 23.3 Å². The molecule has 0 atom stereocenters. The minimum Gasteiger partial charge on any atom is -0.355 e. The number of H-pyrrole nitrogens is 1. The fraction of sp³-hybridized carbons (Fsp3) is 0.278. The summed E-state index contributed by atoms with van der Waals surface area (Å²) in [6.45, 7) is 1.50. The van der Waals surface area contributed by atoms with Gasteiger partial charge >= 0.3 is 0 Å². The highest BCUT2D eigenvalue weighted by Gasteiger charge is 2.26. The number of fused-ring (bicyclic) bond motifs is 1. The maximum Gasteiger partial charge on any atom is 0.227 e. The predicted molar refractivity (Wildman–Crippen MR) is 104 cm³/mol. The molecule has 1 aromatic carbocycles. The first kappa shape index (κ1) is 17.2. The van der Waals surface area contributed by atoms with E-state index in [0.29, 0.717) is 5.82 Å². The van der Waals surface area contributed by atoms with Gasteiger partial charge in [0.05, 0.1) is 0 Å². The highest BCUT2D eigenvalue weighted by atomic mass is 16.1. The third kappa shape index (κ3) is 3.49. The van der Waals surface area contributed by atoms with Crippen molar-refractivity contribution in [2.24, 2.45) is 5.92 Å². The fourth-order valence-corrected chi connectivity index (χ4v) is 3.47. The molecule has 11 heteroatoms. The Morgan fingerprint density at radius 2 is 1.83 bits per heavy atom. The SMILES string of the molecule is O=C(Nc1ccc2n[nH]nc2c1)C1CCN(c2ccc(-n3cncn3)nn2)CC1. The molecule has 1 fully saturated rings. The topological polar surface area (TPSA) is 130 Å². The summed E-state index contributed by atoms with van der Waals surface area (Å²) >= 11 is 0. The number of anilines is 2. The molecular weight excluding hydrogens is 372 g/mol. The van der Waals surface area contributed by atoms with Crippen molar-refractivity contribution in [1.82, 2.24) is 40.4 Å². The first-order chi connectivity index (χ1) is 14.3. The number of carbonyl (C=O) groups excluding carboxylic acids is 1. The number of nitrogens with zero attached hydrogens (tertiary/aromatic N) is 8. The maximum atomic E-state index is 12.6. The Morgan fingerprint density at radius 1 is 1.03 bits per heavy atom. The molecule has 11 nitrogen and oxygen atoms in total. The zero-order valence-corrected chi connectivity index (χ0v) is 15.4. The Hall–Kier alpha value is -3.89. The molecule has 0 spiro atoms. The number of aromatic amines is 1. The van der Waals surface area contributed by atoms with Crippen molar-refractivity contribution >= 4 is 28.4 Å². The molecular formula is C18H18N10O. The van der Waals surface area contributed by atoms with Crippen LogP contribution in [0.25, 0.3) is 16.9 Å². The van der Waals surface area contributed by atoms with E-state index in [1.807, 2.05) is 30.3 Å². The van der Waals surface area contributed by atoms with Crippen LogP contribution in [0.15, 0.2) is 43.0 Å². The van der Waals surface area contributed by atoms with E-state index < -0.39 is 0 Å². The van der Waals surface area contributed by atoms with Gasteiger partial charge in [0.25, 0.3) is 0 Å². The minimum absolute atomic E-state index is 0.0279. The van der Waals surface area contributed by atoms with Gasteiger partial charge in [-0.15, -0.1) is 10.2 Å². The molecule has 1 aliphatic rings. The molecule has 0 radical (unpaired) electrons. The van der Waals surface area contributed by atoms with Gasteiger partial charge in [-0.25, -0.2) is 9.67 Å². The standard InChI is InChI=1S/C18H18N10O/c29-18(21-13-1-2-14-15(9-13)23-26-22-14)12-5-7-27(8-6-12)16-3-4-17(25-24-16)28-11-19-10-20-28/h1-4,9-12H,5-8H2,(H,21,29)(H,22,23,26). The van der Waals surface area contributed by atoms with E-state index in [1.54, 1.807) is 11.0 Å². The smallest absolute Gasteiger partial charge is 0.227 e. The van der Waals surface area contributed by atoms with Crippen LogP contribution in [0.4, 0.5) is 11.5 Å². The molecule has 146 valence electrons. The Morgan fingerprint density at radius 3 is 2.59 bits per heavy atom. The normalized spacial score (nSPS) is 15.0. The second kappa shape index (κ2) is 7.26. The fourth-order valence-electron chi connectivity index (χ4n) is 3.47. The van der Waals surface area contributed by atoms with Crippen molar-refractivity contribution in [3.8, 4) is 5.82 Å². The van der Waals surface area contributed by atoms with Crippen LogP contribution in [0.1, 0.15) is 12.8 Å². The quantitative estimate of drug-likeness (QED) is 0.531. The largest absolute Gasteiger partial charge is 0.355 e. The molecule has 2 N–H and O–H groups in total. The van der Waals surface area contributed by atoms with Crippen LogP contribution in [0.3, 0.4) is 0 Å². The third-order valence-electron chi connectivity index (χ3n) is 5.06. The van der Waals surface area contributed by atoms with Gasteiger partial charge in [0, 0.05) is 24.7 Å². The summed E-state index contributed by atoms with van der Waals surface area (Å²) in [6, 6.07) is 9.26. The molecule has 5 rings (SSSR count). The van der Waals surface area contributed by atoms with Gasteiger partial charge in [-0.1, -0.05) is 0 Å². The van der Waals surface area contributed by atoms with Gasteiger partial charge in [0.15, 0.2) is 11.6 Å². The van der Waals surface area contributed by atoms with Crippen LogP contribution < -0.4 is 10.2 Å². The molecule has 1 amide bonds. The summed E-state index contributed by atoms with van der Waals surface area (Å²) in [7, 11) is 0. The maximum absolute atomic E-state index is 12.6. The van der Waals surface area contributed by atoms with Gasteiger partial charge in [-0.2, -0.15) is 20.5 Å². The van der Waals surface area contributed by atoms with Crippen molar-refractivity contribution in [2.45, 2.75) is 12.8 Å². The highest BCUT2D eigenvalue weighted by molar-refractivity contribution is 5.94. The Bertz CT molecular complexity index is 1110. The number of carbonyl (C=O) groups is 1. The van der Waals surface area contributed by atoms with Gasteiger partial charge < -0.3 is 10.2 Å². The lowest BCUT2D eigenvalue weighted by Crippen LogP contribution is -2.38. The van der Waals surface area contributed by atoms with E-state index in [1.165, 1.54) is 6.33 Å². The first-order valence-electron chi connectivity index (χ1n) is 9.31. The summed E-state index contributed by atoms with van der Waals surface area (Å²) in [5.41, 5.74) is 2.23. The molecule has 0 unspecified atom stereocenters. The molecule has 0 aliphatic carbocycles. The van der Waals surface area contributed by atoms with Crippen LogP contribution >= 0.6 is 0 Å². The second-order valence-corrected chi connectivity index (χ2v) is 6.87. The number of rotatable bonds is 4. The Labute approximate surface area is 165 Å².